The van der Waals surface area contributed by atoms with E-state index in [-0.39, 0.29) is 5.56 Å². The lowest BCUT2D eigenvalue weighted by Crippen LogP contribution is -2.23. The largest absolute Gasteiger partial charge is 0.493 e. The molecular formula is C24H18N4O3S. The Morgan fingerprint density at radius 2 is 1.84 bits per heavy atom. The zero-order valence-electron chi connectivity index (χ0n) is 17.1. The number of aromatic nitrogens is 4. The third-order valence-corrected chi connectivity index (χ3v) is 5.80. The van der Waals surface area contributed by atoms with Crippen LogP contribution in [0.25, 0.3) is 22.4 Å². The molecule has 8 heteroatoms. The van der Waals surface area contributed by atoms with Gasteiger partial charge in [0.15, 0.2) is 17.3 Å². The van der Waals surface area contributed by atoms with Gasteiger partial charge in [0.25, 0.3) is 5.56 Å². The van der Waals surface area contributed by atoms with Crippen LogP contribution in [0.3, 0.4) is 0 Å². The molecule has 0 saturated heterocycles. The van der Waals surface area contributed by atoms with E-state index in [2.05, 4.69) is 15.1 Å². The molecule has 0 fully saturated rings. The monoisotopic (exact) mass is 442 g/mol. The predicted molar refractivity (Wildman–Crippen MR) is 123 cm³/mol. The maximum absolute atomic E-state index is 12.8. The van der Waals surface area contributed by atoms with Gasteiger partial charge >= 0.3 is 0 Å². The Labute approximate surface area is 187 Å². The SMILES string of the molecule is COc1cc(/C=c2\sc3nc(-c4ccncc4)nn3c2=O)ccc1OCc1ccccc1. The highest BCUT2D eigenvalue weighted by Crippen LogP contribution is 2.29. The summed E-state index contributed by atoms with van der Waals surface area (Å²) in [6, 6.07) is 19.1. The van der Waals surface area contributed by atoms with Gasteiger partial charge in [-0.2, -0.15) is 9.50 Å². The summed E-state index contributed by atoms with van der Waals surface area (Å²) in [5.41, 5.74) is 2.50. The minimum Gasteiger partial charge on any atom is -0.493 e. The van der Waals surface area contributed by atoms with Gasteiger partial charge in [0.2, 0.25) is 4.96 Å². The van der Waals surface area contributed by atoms with Crippen LogP contribution in [0, 0.1) is 0 Å². The van der Waals surface area contributed by atoms with Crippen LogP contribution < -0.4 is 19.6 Å². The van der Waals surface area contributed by atoms with Crippen molar-refractivity contribution in [3.8, 4) is 22.9 Å². The van der Waals surface area contributed by atoms with E-state index in [4.69, 9.17) is 9.47 Å². The van der Waals surface area contributed by atoms with Gasteiger partial charge in [-0.05, 0) is 41.5 Å². The van der Waals surface area contributed by atoms with Gasteiger partial charge in [-0.3, -0.25) is 9.78 Å². The summed E-state index contributed by atoms with van der Waals surface area (Å²) in [6.45, 7) is 0.443. The number of benzene rings is 2. The molecule has 0 radical (unpaired) electrons. The van der Waals surface area contributed by atoms with Crippen molar-refractivity contribution >= 4 is 22.4 Å². The van der Waals surface area contributed by atoms with Crippen molar-refractivity contribution in [3.63, 3.8) is 0 Å². The number of pyridine rings is 1. The third kappa shape index (κ3) is 3.95. The molecule has 2 aromatic carbocycles. The Balaban J connectivity index is 1.43. The minimum atomic E-state index is -0.207. The highest BCUT2D eigenvalue weighted by Gasteiger charge is 2.12. The second kappa shape index (κ2) is 8.60. The average molecular weight is 443 g/mol. The van der Waals surface area contributed by atoms with Crippen molar-refractivity contribution < 1.29 is 9.47 Å². The van der Waals surface area contributed by atoms with Crippen molar-refractivity contribution in [2.75, 3.05) is 7.11 Å². The molecule has 5 aromatic rings. The fraction of sp³-hybridized carbons (Fsp3) is 0.0833. The number of nitrogens with zero attached hydrogens (tertiary/aromatic N) is 4. The topological polar surface area (TPSA) is 78.6 Å². The molecule has 0 spiro atoms. The maximum Gasteiger partial charge on any atom is 0.291 e. The number of rotatable bonds is 6. The molecule has 3 aromatic heterocycles. The predicted octanol–water partition coefficient (Wildman–Crippen LogP) is 3.35. The third-order valence-electron chi connectivity index (χ3n) is 4.84. The molecule has 158 valence electrons. The number of hydrogen-bond acceptors (Lipinski definition) is 7. The first-order chi connectivity index (χ1) is 15.7. The van der Waals surface area contributed by atoms with Crippen molar-refractivity contribution in [1.82, 2.24) is 19.6 Å². The first kappa shape index (κ1) is 19.9. The minimum absolute atomic E-state index is 0.207. The normalized spacial score (nSPS) is 11.7. The Kier molecular flexibility index (Phi) is 5.35. The zero-order valence-corrected chi connectivity index (χ0v) is 18.0. The highest BCUT2D eigenvalue weighted by molar-refractivity contribution is 7.15. The first-order valence-corrected chi connectivity index (χ1v) is 10.7. The molecular weight excluding hydrogens is 424 g/mol. The number of ether oxygens (including phenoxy) is 2. The Morgan fingerprint density at radius 1 is 1.03 bits per heavy atom. The quantitative estimate of drug-likeness (QED) is 0.401. The highest BCUT2D eigenvalue weighted by atomic mass is 32.1. The van der Waals surface area contributed by atoms with Crippen LogP contribution in [0.1, 0.15) is 11.1 Å². The first-order valence-electron chi connectivity index (χ1n) is 9.88. The summed E-state index contributed by atoms with van der Waals surface area (Å²) in [5.74, 6) is 1.74. The molecule has 5 rings (SSSR count). The standard InChI is InChI=1S/C24H18N4O3S/c1-30-20-13-17(7-8-19(20)31-15-16-5-3-2-4-6-16)14-21-23(29)28-24(32-21)26-22(27-28)18-9-11-25-12-10-18/h2-14H,15H2,1H3/b21-14-. The number of fused-ring (bicyclic) bond motifs is 1. The van der Waals surface area contributed by atoms with Crippen LogP contribution in [0.15, 0.2) is 77.9 Å². The van der Waals surface area contributed by atoms with Crippen LogP contribution in [-0.4, -0.2) is 26.7 Å². The van der Waals surface area contributed by atoms with Gasteiger partial charge in [-0.15, -0.1) is 5.10 Å². The molecule has 0 unspecified atom stereocenters. The molecule has 0 bridgehead atoms. The number of thiazole rings is 1. The Hall–Kier alpha value is -4.04. The van der Waals surface area contributed by atoms with Gasteiger partial charge in [-0.1, -0.05) is 47.7 Å². The van der Waals surface area contributed by atoms with Crippen LogP contribution in [0.2, 0.25) is 0 Å². The van der Waals surface area contributed by atoms with Gasteiger partial charge < -0.3 is 9.47 Å². The van der Waals surface area contributed by atoms with E-state index in [1.807, 2.05) is 60.7 Å². The van der Waals surface area contributed by atoms with Gasteiger partial charge in [0, 0.05) is 18.0 Å². The molecule has 0 aliphatic rings. The van der Waals surface area contributed by atoms with E-state index in [1.54, 1.807) is 25.6 Å². The van der Waals surface area contributed by atoms with E-state index in [0.29, 0.717) is 33.4 Å². The lowest BCUT2D eigenvalue weighted by Gasteiger charge is -2.11. The fourth-order valence-electron chi connectivity index (χ4n) is 3.24. The lowest BCUT2D eigenvalue weighted by molar-refractivity contribution is 0.284. The van der Waals surface area contributed by atoms with E-state index >= 15 is 0 Å². The fourth-order valence-corrected chi connectivity index (χ4v) is 4.14. The van der Waals surface area contributed by atoms with E-state index in [9.17, 15) is 4.79 Å². The molecule has 3 heterocycles. The summed E-state index contributed by atoms with van der Waals surface area (Å²) in [5, 5.41) is 4.36. The molecule has 32 heavy (non-hydrogen) atoms. The van der Waals surface area contributed by atoms with Crippen LogP contribution in [0.4, 0.5) is 0 Å². The molecule has 0 aliphatic carbocycles. The van der Waals surface area contributed by atoms with Gasteiger partial charge in [-0.25, -0.2) is 0 Å². The van der Waals surface area contributed by atoms with Crippen molar-refractivity contribution in [3.05, 3.63) is 99.1 Å². The molecule has 0 N–H and O–H groups in total. The summed E-state index contributed by atoms with van der Waals surface area (Å²) in [7, 11) is 1.59. The molecule has 7 nitrogen and oxygen atoms in total. The number of methoxy groups -OCH3 is 1. The van der Waals surface area contributed by atoms with E-state index in [1.165, 1.54) is 15.9 Å². The molecule has 0 amide bonds. The van der Waals surface area contributed by atoms with Crippen LogP contribution in [0.5, 0.6) is 11.5 Å². The smallest absolute Gasteiger partial charge is 0.291 e. The Bertz CT molecular complexity index is 1480. The molecule has 0 aliphatic heterocycles. The zero-order chi connectivity index (χ0) is 21.9. The van der Waals surface area contributed by atoms with E-state index in [0.717, 1.165) is 16.7 Å². The maximum atomic E-state index is 12.8. The number of hydrogen-bond donors (Lipinski definition) is 0. The Morgan fingerprint density at radius 3 is 2.59 bits per heavy atom. The van der Waals surface area contributed by atoms with Crippen molar-refractivity contribution in [2.45, 2.75) is 6.61 Å². The van der Waals surface area contributed by atoms with Gasteiger partial charge in [0.05, 0.1) is 11.6 Å². The summed E-state index contributed by atoms with van der Waals surface area (Å²) < 4.78 is 13.3. The second-order valence-electron chi connectivity index (χ2n) is 6.97. The summed E-state index contributed by atoms with van der Waals surface area (Å²) in [4.78, 5) is 21.9. The molecule has 0 atom stereocenters. The van der Waals surface area contributed by atoms with E-state index < -0.39 is 0 Å². The van der Waals surface area contributed by atoms with Gasteiger partial charge in [0.1, 0.15) is 6.61 Å². The van der Waals surface area contributed by atoms with Crippen LogP contribution in [-0.2, 0) is 6.61 Å². The van der Waals surface area contributed by atoms with Crippen molar-refractivity contribution in [1.29, 1.82) is 0 Å². The summed E-state index contributed by atoms with van der Waals surface area (Å²) in [6.07, 6.45) is 5.14. The average Bonchev–Trinajstić information content (AvgIpc) is 3.38. The molecule has 0 saturated carbocycles. The summed E-state index contributed by atoms with van der Waals surface area (Å²) >= 11 is 1.29. The van der Waals surface area contributed by atoms with Crippen LogP contribution >= 0.6 is 11.3 Å². The second-order valence-corrected chi connectivity index (χ2v) is 7.98. The lowest BCUT2D eigenvalue weighted by atomic mass is 10.2. The van der Waals surface area contributed by atoms with Crippen molar-refractivity contribution in [2.24, 2.45) is 0 Å².